The predicted molar refractivity (Wildman–Crippen MR) is 140 cm³/mol. The van der Waals surface area contributed by atoms with Crippen molar-refractivity contribution < 1.29 is 28.5 Å². The van der Waals surface area contributed by atoms with Crippen LogP contribution in [-0.2, 0) is 17.9 Å². The van der Waals surface area contributed by atoms with Crippen molar-refractivity contribution in [2.24, 2.45) is 0 Å². The number of β-amino-alcohol motifs (C(OH)–C–C–N with tert-alkyl or cyclic N) is 1. The monoisotopic (exact) mass is 526 g/mol. The van der Waals surface area contributed by atoms with Crippen molar-refractivity contribution in [3.63, 3.8) is 0 Å². The van der Waals surface area contributed by atoms with Gasteiger partial charge in [0, 0.05) is 58.5 Å². The fourth-order valence-corrected chi connectivity index (χ4v) is 4.52. The first-order valence-corrected chi connectivity index (χ1v) is 12.7. The summed E-state index contributed by atoms with van der Waals surface area (Å²) < 4.78 is 32.4. The number of hydrogen-bond donors (Lipinski definition) is 1. The molecule has 0 radical (unpaired) electrons. The molecule has 0 spiro atoms. The lowest BCUT2D eigenvalue weighted by Gasteiger charge is -2.32. The molecule has 204 valence electrons. The van der Waals surface area contributed by atoms with Gasteiger partial charge in [-0.05, 0) is 48.0 Å². The normalized spacial score (nSPS) is 18.2. The molecule has 2 heterocycles. The molecule has 1 amide bonds. The SMILES string of the molecule is COc1ccc(CN2CCN(C(C)=O)CC(O)(COc3ccc(F)cc3)C2)cc1OCCCn1cccn1. The maximum atomic E-state index is 13.3. The van der Waals surface area contributed by atoms with Crippen molar-refractivity contribution in [1.82, 2.24) is 19.6 Å². The summed E-state index contributed by atoms with van der Waals surface area (Å²) in [7, 11) is 1.61. The van der Waals surface area contributed by atoms with Crippen LogP contribution in [0.3, 0.4) is 0 Å². The van der Waals surface area contributed by atoms with E-state index >= 15 is 0 Å². The van der Waals surface area contributed by atoms with Crippen molar-refractivity contribution in [1.29, 1.82) is 0 Å². The van der Waals surface area contributed by atoms with E-state index in [2.05, 4.69) is 10.00 Å². The highest BCUT2D eigenvalue weighted by Crippen LogP contribution is 2.29. The summed E-state index contributed by atoms with van der Waals surface area (Å²) in [6, 6.07) is 13.3. The number of hydrogen-bond acceptors (Lipinski definition) is 7. The Bertz CT molecular complexity index is 1170. The number of rotatable bonds is 11. The number of nitrogens with zero attached hydrogens (tertiary/aromatic N) is 4. The third kappa shape index (κ3) is 7.69. The first-order valence-electron chi connectivity index (χ1n) is 12.7. The number of aliphatic hydroxyl groups is 1. The topological polar surface area (TPSA) is 89.3 Å². The minimum absolute atomic E-state index is 0.0356. The van der Waals surface area contributed by atoms with E-state index in [9.17, 15) is 14.3 Å². The minimum Gasteiger partial charge on any atom is -0.493 e. The summed E-state index contributed by atoms with van der Waals surface area (Å²) in [6.45, 7) is 4.79. The molecule has 1 saturated heterocycles. The van der Waals surface area contributed by atoms with Crippen LogP contribution in [0.25, 0.3) is 0 Å². The Morgan fingerprint density at radius 3 is 2.63 bits per heavy atom. The van der Waals surface area contributed by atoms with Crippen LogP contribution in [-0.4, -0.2) is 82.7 Å². The van der Waals surface area contributed by atoms with E-state index in [0.29, 0.717) is 50.0 Å². The van der Waals surface area contributed by atoms with Gasteiger partial charge in [0.05, 0.1) is 20.3 Å². The van der Waals surface area contributed by atoms with E-state index in [-0.39, 0.29) is 24.9 Å². The highest BCUT2D eigenvalue weighted by atomic mass is 19.1. The quantitative estimate of drug-likeness (QED) is 0.384. The van der Waals surface area contributed by atoms with Crippen molar-refractivity contribution in [2.75, 3.05) is 46.5 Å². The van der Waals surface area contributed by atoms with Crippen LogP contribution in [0.4, 0.5) is 4.39 Å². The summed E-state index contributed by atoms with van der Waals surface area (Å²) >= 11 is 0. The van der Waals surface area contributed by atoms with Gasteiger partial charge in [-0.15, -0.1) is 0 Å². The lowest BCUT2D eigenvalue weighted by molar-refractivity contribution is -0.132. The number of ether oxygens (including phenoxy) is 3. The largest absolute Gasteiger partial charge is 0.493 e. The fraction of sp³-hybridized carbons (Fsp3) is 0.429. The Kier molecular flexibility index (Phi) is 9.19. The van der Waals surface area contributed by atoms with Gasteiger partial charge < -0.3 is 24.2 Å². The second-order valence-electron chi connectivity index (χ2n) is 9.57. The Hall–Kier alpha value is -3.63. The molecule has 1 atom stereocenters. The maximum absolute atomic E-state index is 13.3. The minimum atomic E-state index is -1.31. The number of benzene rings is 2. The summed E-state index contributed by atoms with van der Waals surface area (Å²) in [4.78, 5) is 15.9. The van der Waals surface area contributed by atoms with Crippen molar-refractivity contribution in [3.05, 3.63) is 72.3 Å². The lowest BCUT2D eigenvalue weighted by atomic mass is 10.0. The Morgan fingerprint density at radius 1 is 1.11 bits per heavy atom. The lowest BCUT2D eigenvalue weighted by Crippen LogP contribution is -2.51. The van der Waals surface area contributed by atoms with Crippen LogP contribution in [0.15, 0.2) is 60.9 Å². The summed E-state index contributed by atoms with van der Waals surface area (Å²) in [6.07, 6.45) is 4.46. The van der Waals surface area contributed by atoms with Gasteiger partial charge in [-0.3, -0.25) is 14.4 Å². The van der Waals surface area contributed by atoms with Gasteiger partial charge >= 0.3 is 0 Å². The average Bonchev–Trinajstić information content (AvgIpc) is 3.36. The highest BCUT2D eigenvalue weighted by molar-refractivity contribution is 5.73. The molecule has 1 aliphatic heterocycles. The molecule has 1 fully saturated rings. The van der Waals surface area contributed by atoms with E-state index in [1.807, 2.05) is 35.1 Å². The zero-order valence-corrected chi connectivity index (χ0v) is 21.9. The first kappa shape index (κ1) is 27.4. The molecule has 0 bridgehead atoms. The average molecular weight is 527 g/mol. The predicted octanol–water partition coefficient (Wildman–Crippen LogP) is 2.97. The number of halogens is 1. The fourth-order valence-electron chi connectivity index (χ4n) is 4.52. The van der Waals surface area contributed by atoms with Gasteiger partial charge in [0.15, 0.2) is 11.5 Å². The summed E-state index contributed by atoms with van der Waals surface area (Å²) in [5, 5.41) is 15.7. The molecule has 38 heavy (non-hydrogen) atoms. The zero-order valence-electron chi connectivity index (χ0n) is 21.9. The molecule has 9 nitrogen and oxygen atoms in total. The molecule has 1 aromatic heterocycles. The van der Waals surface area contributed by atoms with Crippen LogP contribution >= 0.6 is 0 Å². The van der Waals surface area contributed by atoms with Gasteiger partial charge in [0.2, 0.25) is 5.91 Å². The van der Waals surface area contributed by atoms with Crippen LogP contribution in [0.5, 0.6) is 17.2 Å². The number of amides is 1. The molecule has 10 heteroatoms. The Balaban J connectivity index is 1.41. The maximum Gasteiger partial charge on any atom is 0.219 e. The molecule has 0 aliphatic carbocycles. The van der Waals surface area contributed by atoms with Gasteiger partial charge in [0.1, 0.15) is 23.8 Å². The molecule has 1 unspecified atom stereocenters. The van der Waals surface area contributed by atoms with E-state index in [1.54, 1.807) is 18.2 Å². The highest BCUT2D eigenvalue weighted by Gasteiger charge is 2.37. The third-order valence-corrected chi connectivity index (χ3v) is 6.44. The van der Waals surface area contributed by atoms with Crippen LogP contribution in [0.2, 0.25) is 0 Å². The molecular weight excluding hydrogens is 491 g/mol. The molecule has 4 rings (SSSR count). The number of aromatic nitrogens is 2. The van der Waals surface area contributed by atoms with Crippen LogP contribution in [0.1, 0.15) is 18.9 Å². The smallest absolute Gasteiger partial charge is 0.219 e. The van der Waals surface area contributed by atoms with E-state index in [0.717, 1.165) is 18.5 Å². The van der Waals surface area contributed by atoms with E-state index in [4.69, 9.17) is 14.2 Å². The Morgan fingerprint density at radius 2 is 1.92 bits per heavy atom. The summed E-state index contributed by atoms with van der Waals surface area (Å²) in [5.74, 6) is 1.29. The molecule has 1 aliphatic rings. The second-order valence-corrected chi connectivity index (χ2v) is 9.57. The molecule has 3 aromatic rings. The molecule has 1 N–H and O–H groups in total. The van der Waals surface area contributed by atoms with Crippen molar-refractivity contribution in [2.45, 2.75) is 32.0 Å². The van der Waals surface area contributed by atoms with Crippen LogP contribution < -0.4 is 14.2 Å². The van der Waals surface area contributed by atoms with Gasteiger partial charge in [0.25, 0.3) is 0 Å². The third-order valence-electron chi connectivity index (χ3n) is 6.44. The van der Waals surface area contributed by atoms with E-state index < -0.39 is 5.60 Å². The molecule has 2 aromatic carbocycles. The molecular formula is C28H35FN4O5. The number of carbonyl (C=O) groups excluding carboxylic acids is 1. The van der Waals surface area contributed by atoms with E-state index in [1.165, 1.54) is 31.2 Å². The Labute approximate surface area is 222 Å². The number of carbonyl (C=O) groups is 1. The number of methoxy groups -OCH3 is 1. The van der Waals surface area contributed by atoms with Crippen molar-refractivity contribution >= 4 is 5.91 Å². The van der Waals surface area contributed by atoms with Gasteiger partial charge in [-0.1, -0.05) is 6.07 Å². The first-order chi connectivity index (χ1) is 18.3. The van der Waals surface area contributed by atoms with Crippen molar-refractivity contribution in [3.8, 4) is 17.2 Å². The second kappa shape index (κ2) is 12.7. The van der Waals surface area contributed by atoms with Gasteiger partial charge in [-0.2, -0.15) is 5.10 Å². The van der Waals surface area contributed by atoms with Crippen LogP contribution in [0, 0.1) is 5.82 Å². The standard InChI is InChI=1S/C28H35FN4O5/c1-22(34)32-15-14-31(19-28(35,20-32)21-38-25-8-6-24(29)7-9-25)18-23-5-10-26(36-2)27(17-23)37-16-4-13-33-12-3-11-30-33/h3,5-12,17,35H,4,13-16,18-21H2,1-2H3. The zero-order chi connectivity index (χ0) is 27.0. The summed E-state index contributed by atoms with van der Waals surface area (Å²) in [5.41, 5.74) is -0.319. The van der Waals surface area contributed by atoms with Gasteiger partial charge in [-0.25, -0.2) is 4.39 Å². The number of aryl methyl sites for hydroxylation is 1. The molecule has 0 saturated carbocycles.